The van der Waals surface area contributed by atoms with Gasteiger partial charge >= 0.3 is 0 Å². The number of nitrogens with one attached hydrogen (secondary N) is 1. The maximum atomic E-state index is 8.90. The number of nitriles is 1. The number of hydrogen-bond acceptors (Lipinski definition) is 3. The second kappa shape index (κ2) is 5.92. The molecule has 0 bridgehead atoms. The van der Waals surface area contributed by atoms with Crippen molar-refractivity contribution in [1.82, 2.24) is 0 Å². The highest BCUT2D eigenvalue weighted by molar-refractivity contribution is 5.51. The number of anilines is 1. The molecule has 96 valence electrons. The van der Waals surface area contributed by atoms with E-state index in [1.807, 2.05) is 42.5 Å². The highest BCUT2D eigenvalue weighted by Crippen LogP contribution is 2.27. The van der Waals surface area contributed by atoms with E-state index in [1.165, 1.54) is 0 Å². The van der Waals surface area contributed by atoms with E-state index in [0.29, 0.717) is 5.56 Å². The van der Waals surface area contributed by atoms with Crippen LogP contribution in [0, 0.1) is 11.3 Å². The molecule has 0 amide bonds. The third-order valence-corrected chi connectivity index (χ3v) is 2.98. The molecule has 0 fully saturated rings. The first-order valence-corrected chi connectivity index (χ1v) is 6.14. The van der Waals surface area contributed by atoms with Crippen LogP contribution in [0.25, 0.3) is 0 Å². The Morgan fingerprint density at radius 1 is 1.16 bits per heavy atom. The molecule has 0 aliphatic heterocycles. The van der Waals surface area contributed by atoms with Gasteiger partial charge in [-0.25, -0.2) is 0 Å². The van der Waals surface area contributed by atoms with E-state index >= 15 is 0 Å². The highest BCUT2D eigenvalue weighted by atomic mass is 16.5. The Balaban J connectivity index is 2.21. The molecule has 1 atom stereocenters. The second-order valence-electron chi connectivity index (χ2n) is 4.30. The molecule has 1 unspecified atom stereocenters. The first-order valence-electron chi connectivity index (χ1n) is 6.14. The summed E-state index contributed by atoms with van der Waals surface area (Å²) >= 11 is 0. The number of para-hydroxylation sites is 1. The van der Waals surface area contributed by atoms with Crippen molar-refractivity contribution in [2.45, 2.75) is 13.0 Å². The molecule has 0 radical (unpaired) electrons. The number of rotatable bonds is 4. The quantitative estimate of drug-likeness (QED) is 0.901. The molecule has 0 spiro atoms. The molecule has 3 nitrogen and oxygen atoms in total. The van der Waals surface area contributed by atoms with E-state index in [4.69, 9.17) is 10.00 Å². The van der Waals surface area contributed by atoms with Gasteiger partial charge in [-0.2, -0.15) is 5.26 Å². The van der Waals surface area contributed by atoms with Gasteiger partial charge in [-0.15, -0.1) is 0 Å². The molecular weight excluding hydrogens is 236 g/mol. The molecule has 0 saturated carbocycles. The number of benzene rings is 2. The van der Waals surface area contributed by atoms with Gasteiger partial charge in [0.05, 0.1) is 24.8 Å². The molecule has 2 aromatic carbocycles. The van der Waals surface area contributed by atoms with E-state index in [0.717, 1.165) is 17.0 Å². The molecule has 19 heavy (non-hydrogen) atoms. The first kappa shape index (κ1) is 13.0. The molecule has 0 aliphatic rings. The summed E-state index contributed by atoms with van der Waals surface area (Å²) in [4.78, 5) is 0. The van der Waals surface area contributed by atoms with Gasteiger partial charge in [0.2, 0.25) is 0 Å². The Morgan fingerprint density at radius 3 is 2.68 bits per heavy atom. The summed E-state index contributed by atoms with van der Waals surface area (Å²) in [6.45, 7) is 2.07. The lowest BCUT2D eigenvalue weighted by atomic mass is 10.1. The summed E-state index contributed by atoms with van der Waals surface area (Å²) in [5.41, 5.74) is 2.67. The van der Waals surface area contributed by atoms with Gasteiger partial charge in [0.15, 0.2) is 0 Å². The van der Waals surface area contributed by atoms with E-state index in [-0.39, 0.29) is 6.04 Å². The Bertz CT molecular complexity index is 602. The van der Waals surface area contributed by atoms with Gasteiger partial charge in [0, 0.05) is 11.3 Å². The van der Waals surface area contributed by atoms with Crippen LogP contribution in [0.3, 0.4) is 0 Å². The van der Waals surface area contributed by atoms with Gasteiger partial charge in [0.1, 0.15) is 5.75 Å². The van der Waals surface area contributed by atoms with E-state index in [2.05, 4.69) is 18.3 Å². The van der Waals surface area contributed by atoms with Crippen molar-refractivity contribution >= 4 is 5.69 Å². The van der Waals surface area contributed by atoms with Crippen LogP contribution in [0.5, 0.6) is 5.75 Å². The van der Waals surface area contributed by atoms with Crippen molar-refractivity contribution in [3.05, 3.63) is 59.7 Å². The minimum Gasteiger partial charge on any atom is -0.496 e. The lowest BCUT2D eigenvalue weighted by Crippen LogP contribution is -2.08. The van der Waals surface area contributed by atoms with Crippen molar-refractivity contribution < 1.29 is 4.74 Å². The smallest absolute Gasteiger partial charge is 0.124 e. The predicted octanol–water partition coefficient (Wildman–Crippen LogP) is 3.74. The Labute approximate surface area is 113 Å². The minimum absolute atomic E-state index is 0.102. The van der Waals surface area contributed by atoms with Crippen LogP contribution < -0.4 is 10.1 Å². The second-order valence-corrected chi connectivity index (χ2v) is 4.30. The Hall–Kier alpha value is -2.47. The summed E-state index contributed by atoms with van der Waals surface area (Å²) in [7, 11) is 1.67. The van der Waals surface area contributed by atoms with Crippen LogP contribution in [0.15, 0.2) is 48.5 Å². The monoisotopic (exact) mass is 252 g/mol. The van der Waals surface area contributed by atoms with Crippen molar-refractivity contribution in [1.29, 1.82) is 5.26 Å². The summed E-state index contributed by atoms with van der Waals surface area (Å²) in [6, 6.07) is 17.6. The summed E-state index contributed by atoms with van der Waals surface area (Å²) in [5, 5.41) is 12.3. The molecule has 1 N–H and O–H groups in total. The molecule has 2 aromatic rings. The van der Waals surface area contributed by atoms with Crippen LogP contribution >= 0.6 is 0 Å². The molecule has 2 rings (SSSR count). The van der Waals surface area contributed by atoms with Crippen LogP contribution in [0.2, 0.25) is 0 Å². The van der Waals surface area contributed by atoms with Gasteiger partial charge in [-0.1, -0.05) is 24.3 Å². The number of hydrogen-bond donors (Lipinski definition) is 1. The molecule has 0 saturated heterocycles. The van der Waals surface area contributed by atoms with Crippen LogP contribution in [0.1, 0.15) is 24.1 Å². The maximum absolute atomic E-state index is 8.90. The molecular formula is C16H16N2O. The first-order chi connectivity index (χ1) is 9.24. The van der Waals surface area contributed by atoms with Crippen LogP contribution in [0.4, 0.5) is 5.69 Å². The fourth-order valence-electron chi connectivity index (χ4n) is 2.03. The molecule has 3 heteroatoms. The lowest BCUT2D eigenvalue weighted by molar-refractivity contribution is 0.408. The number of nitrogens with zero attached hydrogens (tertiary/aromatic N) is 1. The molecule has 0 heterocycles. The lowest BCUT2D eigenvalue weighted by Gasteiger charge is -2.18. The molecule has 0 aliphatic carbocycles. The van der Waals surface area contributed by atoms with E-state index in [1.54, 1.807) is 13.2 Å². The van der Waals surface area contributed by atoms with Crippen LogP contribution in [-0.4, -0.2) is 7.11 Å². The van der Waals surface area contributed by atoms with Crippen molar-refractivity contribution in [3.8, 4) is 11.8 Å². The van der Waals surface area contributed by atoms with Crippen molar-refractivity contribution in [3.63, 3.8) is 0 Å². The standard InChI is InChI=1S/C16H16N2O/c1-12(15-8-3-4-9-16(15)19-2)18-14-7-5-6-13(10-14)11-17/h3-10,12,18H,1-2H3. The fourth-order valence-corrected chi connectivity index (χ4v) is 2.03. The third-order valence-electron chi connectivity index (χ3n) is 2.98. The Kier molecular flexibility index (Phi) is 4.04. The Morgan fingerprint density at radius 2 is 1.95 bits per heavy atom. The average molecular weight is 252 g/mol. The van der Waals surface area contributed by atoms with Gasteiger partial charge in [0.25, 0.3) is 0 Å². The SMILES string of the molecule is COc1ccccc1C(C)Nc1cccc(C#N)c1. The zero-order valence-electron chi connectivity index (χ0n) is 11.1. The molecule has 0 aromatic heterocycles. The van der Waals surface area contributed by atoms with E-state index in [9.17, 15) is 0 Å². The van der Waals surface area contributed by atoms with Gasteiger partial charge in [-0.05, 0) is 31.2 Å². The third kappa shape index (κ3) is 3.05. The predicted molar refractivity (Wildman–Crippen MR) is 76.2 cm³/mol. The number of ether oxygens (including phenoxy) is 1. The maximum Gasteiger partial charge on any atom is 0.124 e. The highest BCUT2D eigenvalue weighted by Gasteiger charge is 2.10. The average Bonchev–Trinajstić information content (AvgIpc) is 2.47. The summed E-state index contributed by atoms with van der Waals surface area (Å²) in [6.07, 6.45) is 0. The largest absolute Gasteiger partial charge is 0.496 e. The van der Waals surface area contributed by atoms with Gasteiger partial charge in [-0.3, -0.25) is 0 Å². The number of methoxy groups -OCH3 is 1. The summed E-state index contributed by atoms with van der Waals surface area (Å²) in [5.74, 6) is 0.860. The fraction of sp³-hybridized carbons (Fsp3) is 0.188. The zero-order valence-corrected chi connectivity index (χ0v) is 11.1. The topological polar surface area (TPSA) is 45.0 Å². The summed E-state index contributed by atoms with van der Waals surface area (Å²) < 4.78 is 5.36. The normalized spacial score (nSPS) is 11.4. The van der Waals surface area contributed by atoms with E-state index < -0.39 is 0 Å². The van der Waals surface area contributed by atoms with Crippen molar-refractivity contribution in [2.24, 2.45) is 0 Å². The zero-order chi connectivity index (χ0) is 13.7. The van der Waals surface area contributed by atoms with Crippen molar-refractivity contribution in [2.75, 3.05) is 12.4 Å². The van der Waals surface area contributed by atoms with Gasteiger partial charge < -0.3 is 10.1 Å². The van der Waals surface area contributed by atoms with Crippen LogP contribution in [-0.2, 0) is 0 Å². The minimum atomic E-state index is 0.102.